The van der Waals surface area contributed by atoms with Crippen molar-refractivity contribution in [2.75, 3.05) is 0 Å². The van der Waals surface area contributed by atoms with Crippen molar-refractivity contribution in [1.29, 1.82) is 0 Å². The molecular weight excluding hydrogens is 334 g/mol. The van der Waals surface area contributed by atoms with Gasteiger partial charge in [0.15, 0.2) is 4.77 Å². The van der Waals surface area contributed by atoms with Crippen molar-refractivity contribution in [1.82, 2.24) is 9.55 Å². The van der Waals surface area contributed by atoms with Gasteiger partial charge < -0.3 is 4.98 Å². The Hall–Kier alpha value is -1.69. The third-order valence-electron chi connectivity index (χ3n) is 3.01. The number of aromatic nitrogens is 2. The maximum atomic E-state index is 13.3. The van der Waals surface area contributed by atoms with E-state index >= 15 is 0 Å². The van der Waals surface area contributed by atoms with E-state index in [1.807, 2.05) is 0 Å². The molecule has 7 heteroatoms. The van der Waals surface area contributed by atoms with E-state index < -0.39 is 5.82 Å². The van der Waals surface area contributed by atoms with Gasteiger partial charge in [-0.25, -0.2) is 8.96 Å². The van der Waals surface area contributed by atoms with Gasteiger partial charge >= 0.3 is 0 Å². The lowest BCUT2D eigenvalue weighted by Crippen LogP contribution is -2.21. The van der Waals surface area contributed by atoms with E-state index in [1.165, 1.54) is 4.57 Å². The third-order valence-corrected chi connectivity index (χ3v) is 3.87. The Morgan fingerprint density at radius 2 is 1.76 bits per heavy atom. The Kier molecular flexibility index (Phi) is 3.57. The van der Waals surface area contributed by atoms with E-state index in [4.69, 9.17) is 35.4 Å². The van der Waals surface area contributed by atoms with Gasteiger partial charge in [0, 0.05) is 0 Å². The lowest BCUT2D eigenvalue weighted by atomic mass is 10.2. The maximum absolute atomic E-state index is 13.3. The largest absolute Gasteiger partial charge is 0.331 e. The van der Waals surface area contributed by atoms with Crippen LogP contribution in [0.3, 0.4) is 0 Å². The van der Waals surface area contributed by atoms with Crippen molar-refractivity contribution in [3.05, 3.63) is 67.4 Å². The molecule has 0 saturated carbocycles. The minimum atomic E-state index is -0.586. The van der Waals surface area contributed by atoms with Gasteiger partial charge in [-0.1, -0.05) is 35.3 Å². The number of nitrogens with zero attached hydrogens (tertiary/aromatic N) is 1. The molecule has 0 unspecified atom stereocenters. The molecule has 1 heterocycles. The van der Waals surface area contributed by atoms with Crippen LogP contribution in [0.15, 0.2) is 41.2 Å². The van der Waals surface area contributed by atoms with E-state index in [0.29, 0.717) is 10.9 Å². The van der Waals surface area contributed by atoms with Crippen molar-refractivity contribution < 1.29 is 4.39 Å². The maximum Gasteiger partial charge on any atom is 0.266 e. The molecule has 0 atom stereocenters. The molecule has 1 N–H and O–H groups in total. The highest BCUT2D eigenvalue weighted by Gasteiger charge is 2.15. The molecule has 106 valence electrons. The summed E-state index contributed by atoms with van der Waals surface area (Å²) in [6, 6.07) is 9.09. The fourth-order valence-corrected chi connectivity index (χ4v) is 3.03. The highest BCUT2D eigenvalue weighted by Crippen LogP contribution is 2.29. The van der Waals surface area contributed by atoms with Gasteiger partial charge in [0.25, 0.3) is 5.56 Å². The second-order valence-electron chi connectivity index (χ2n) is 4.33. The van der Waals surface area contributed by atoms with Crippen LogP contribution in [0.2, 0.25) is 10.0 Å². The Bertz CT molecular complexity index is 958. The molecule has 3 aromatic rings. The first-order valence-electron chi connectivity index (χ1n) is 5.88. The van der Waals surface area contributed by atoms with E-state index in [9.17, 15) is 9.18 Å². The number of hydrogen-bond donors (Lipinski definition) is 1. The van der Waals surface area contributed by atoms with Gasteiger partial charge in [-0.3, -0.25) is 4.79 Å². The van der Waals surface area contributed by atoms with E-state index in [-0.39, 0.29) is 26.1 Å². The smallest absolute Gasteiger partial charge is 0.266 e. The molecule has 0 aliphatic carbocycles. The van der Waals surface area contributed by atoms with E-state index in [0.717, 1.165) is 12.1 Å². The zero-order chi connectivity index (χ0) is 15.1. The molecule has 0 saturated heterocycles. The average Bonchev–Trinajstić information content (AvgIpc) is 2.41. The Labute approximate surface area is 133 Å². The predicted molar refractivity (Wildman–Crippen MR) is 84.7 cm³/mol. The van der Waals surface area contributed by atoms with Gasteiger partial charge in [0.1, 0.15) is 5.82 Å². The van der Waals surface area contributed by atoms with Crippen LogP contribution in [0, 0.1) is 10.6 Å². The summed E-state index contributed by atoms with van der Waals surface area (Å²) in [4.78, 5) is 15.5. The summed E-state index contributed by atoms with van der Waals surface area (Å²) in [6.45, 7) is 0. The summed E-state index contributed by atoms with van der Waals surface area (Å²) in [5.74, 6) is -0.586. The minimum absolute atomic E-state index is 0.0110. The summed E-state index contributed by atoms with van der Waals surface area (Å²) in [5, 5.41) is 0.455. The molecule has 21 heavy (non-hydrogen) atoms. The summed E-state index contributed by atoms with van der Waals surface area (Å²) in [7, 11) is 0. The quantitative estimate of drug-likeness (QED) is 0.662. The number of H-pyrrole nitrogens is 1. The molecule has 0 amide bonds. The van der Waals surface area contributed by atoms with E-state index in [1.54, 1.807) is 24.3 Å². The average molecular weight is 341 g/mol. The van der Waals surface area contributed by atoms with Gasteiger partial charge in [0.2, 0.25) is 0 Å². The van der Waals surface area contributed by atoms with Crippen LogP contribution in [0.25, 0.3) is 16.6 Å². The zero-order valence-corrected chi connectivity index (χ0v) is 12.7. The van der Waals surface area contributed by atoms with Gasteiger partial charge in [-0.2, -0.15) is 0 Å². The Morgan fingerprint density at radius 3 is 2.43 bits per heavy atom. The van der Waals surface area contributed by atoms with Crippen LogP contribution < -0.4 is 5.56 Å². The standard InChI is InChI=1S/C14H7Cl2FN2OS/c15-9-5-7(17)6-10(16)12(9)19-13(20)8-3-1-2-4-11(8)18-14(19)21/h1-6H,(H,18,21). The van der Waals surface area contributed by atoms with Gasteiger partial charge in [-0.15, -0.1) is 0 Å². The van der Waals surface area contributed by atoms with Crippen molar-refractivity contribution in [2.45, 2.75) is 0 Å². The molecule has 0 aliphatic heterocycles. The van der Waals surface area contributed by atoms with Crippen LogP contribution in [0.1, 0.15) is 0 Å². The molecule has 0 radical (unpaired) electrons. The fourth-order valence-electron chi connectivity index (χ4n) is 2.11. The van der Waals surface area contributed by atoms with E-state index in [2.05, 4.69) is 4.98 Å². The number of aromatic amines is 1. The van der Waals surface area contributed by atoms with Crippen molar-refractivity contribution in [3.8, 4) is 5.69 Å². The number of benzene rings is 2. The molecule has 0 aliphatic rings. The second-order valence-corrected chi connectivity index (χ2v) is 5.54. The first kappa shape index (κ1) is 14.3. The number of nitrogens with one attached hydrogen (secondary N) is 1. The van der Waals surface area contributed by atoms with Crippen LogP contribution in [0.4, 0.5) is 4.39 Å². The lowest BCUT2D eigenvalue weighted by molar-refractivity contribution is 0.627. The third kappa shape index (κ3) is 2.37. The molecule has 3 nitrogen and oxygen atoms in total. The molecule has 3 rings (SSSR count). The Morgan fingerprint density at radius 1 is 1.14 bits per heavy atom. The zero-order valence-electron chi connectivity index (χ0n) is 10.4. The predicted octanol–water partition coefficient (Wildman–Crippen LogP) is 4.49. The van der Waals surface area contributed by atoms with Crippen molar-refractivity contribution >= 4 is 46.3 Å². The SMILES string of the molecule is O=c1c2ccccc2[nH]c(=S)n1-c1c(Cl)cc(F)cc1Cl. The summed E-state index contributed by atoms with van der Waals surface area (Å²) < 4.78 is 14.6. The summed E-state index contributed by atoms with van der Waals surface area (Å²) in [5.41, 5.74) is 0.402. The molecule has 2 aromatic carbocycles. The van der Waals surface area contributed by atoms with Crippen molar-refractivity contribution in [2.24, 2.45) is 0 Å². The van der Waals surface area contributed by atoms with Crippen LogP contribution in [-0.4, -0.2) is 9.55 Å². The highest BCUT2D eigenvalue weighted by atomic mass is 35.5. The second kappa shape index (κ2) is 5.26. The van der Waals surface area contributed by atoms with Crippen molar-refractivity contribution in [3.63, 3.8) is 0 Å². The normalized spacial score (nSPS) is 11.0. The minimum Gasteiger partial charge on any atom is -0.331 e. The van der Waals surface area contributed by atoms with Crippen LogP contribution in [0.5, 0.6) is 0 Å². The van der Waals surface area contributed by atoms with Gasteiger partial charge in [-0.05, 0) is 36.5 Å². The number of para-hydroxylation sites is 1. The van der Waals surface area contributed by atoms with Gasteiger partial charge in [0.05, 0.1) is 26.6 Å². The lowest BCUT2D eigenvalue weighted by Gasteiger charge is -2.11. The first-order valence-corrected chi connectivity index (χ1v) is 7.04. The summed E-state index contributed by atoms with van der Waals surface area (Å²) in [6.07, 6.45) is 0. The number of fused-ring (bicyclic) bond motifs is 1. The fraction of sp³-hybridized carbons (Fsp3) is 0. The molecule has 1 aromatic heterocycles. The molecule has 0 spiro atoms. The monoisotopic (exact) mass is 340 g/mol. The number of rotatable bonds is 1. The first-order chi connectivity index (χ1) is 9.99. The Balaban J connectivity index is 2.47. The molecular formula is C14H7Cl2FN2OS. The van der Waals surface area contributed by atoms with Crippen LogP contribution >= 0.6 is 35.4 Å². The van der Waals surface area contributed by atoms with Crippen LogP contribution in [-0.2, 0) is 0 Å². The summed E-state index contributed by atoms with van der Waals surface area (Å²) >= 11 is 17.2. The highest BCUT2D eigenvalue weighted by molar-refractivity contribution is 7.71. The molecule has 0 fully saturated rings. The topological polar surface area (TPSA) is 37.8 Å². The number of hydrogen-bond acceptors (Lipinski definition) is 2. The number of halogens is 3. The molecule has 0 bridgehead atoms.